The second kappa shape index (κ2) is 12.7. The van der Waals surface area contributed by atoms with E-state index >= 15 is 0 Å². The highest BCUT2D eigenvalue weighted by atomic mass is 28.4. The Morgan fingerprint density at radius 1 is 1.00 bits per heavy atom. The van der Waals surface area contributed by atoms with Crippen LogP contribution in [-0.4, -0.2) is 40.7 Å². The first-order chi connectivity index (χ1) is 15.6. The average molecular weight is 471 g/mol. The van der Waals surface area contributed by atoms with E-state index in [2.05, 4.69) is 33.9 Å². The van der Waals surface area contributed by atoms with E-state index in [4.69, 9.17) is 18.6 Å². The van der Waals surface area contributed by atoms with Gasteiger partial charge in [0.15, 0.2) is 8.32 Å². The molecule has 0 bridgehead atoms. The molecule has 1 atom stereocenters. The lowest BCUT2D eigenvalue weighted by molar-refractivity contribution is 0.00799. The van der Waals surface area contributed by atoms with E-state index in [0.717, 1.165) is 11.3 Å². The summed E-state index contributed by atoms with van der Waals surface area (Å²) < 4.78 is 23.2. The molecular formula is C27H38O5Si. The van der Waals surface area contributed by atoms with Crippen molar-refractivity contribution >= 4 is 14.3 Å². The van der Waals surface area contributed by atoms with Gasteiger partial charge in [-0.3, -0.25) is 0 Å². The zero-order valence-corrected chi connectivity index (χ0v) is 21.8. The normalized spacial score (nSPS) is 13.2. The molecule has 0 N–H and O–H groups in total. The molecule has 33 heavy (non-hydrogen) atoms. The maximum atomic E-state index is 12.0. The monoisotopic (exact) mass is 470 g/mol. The number of rotatable bonds is 12. The number of carbonyl (C=O) groups excluding carboxylic acids is 1. The first kappa shape index (κ1) is 26.8. The summed E-state index contributed by atoms with van der Waals surface area (Å²) in [6.07, 6.45) is 4.43. The van der Waals surface area contributed by atoms with Crippen LogP contribution in [0.2, 0.25) is 18.1 Å². The Labute approximate surface area is 199 Å². The summed E-state index contributed by atoms with van der Waals surface area (Å²) in [4.78, 5) is 12.0. The summed E-state index contributed by atoms with van der Waals surface area (Å²) in [6.45, 7) is 12.4. The smallest absolute Gasteiger partial charge is 0.338 e. The van der Waals surface area contributed by atoms with E-state index in [9.17, 15) is 4.79 Å². The van der Waals surface area contributed by atoms with Gasteiger partial charge in [-0.2, -0.15) is 0 Å². The van der Waals surface area contributed by atoms with Gasteiger partial charge in [-0.25, -0.2) is 4.79 Å². The number of methoxy groups -OCH3 is 1. The summed E-state index contributed by atoms with van der Waals surface area (Å²) in [5.74, 6) is 0.498. The molecule has 0 heterocycles. The van der Waals surface area contributed by atoms with Crippen LogP contribution >= 0.6 is 0 Å². The number of hydrogen-bond acceptors (Lipinski definition) is 5. The van der Waals surface area contributed by atoms with Crippen LogP contribution in [0.1, 0.15) is 43.1 Å². The van der Waals surface area contributed by atoms with Gasteiger partial charge < -0.3 is 18.6 Å². The predicted octanol–water partition coefficient (Wildman–Crippen LogP) is 6.41. The third-order valence-corrected chi connectivity index (χ3v) is 10.5. The van der Waals surface area contributed by atoms with Gasteiger partial charge in [0.25, 0.3) is 0 Å². The first-order valence-corrected chi connectivity index (χ1v) is 14.3. The fraction of sp³-hybridized carbons (Fsp3) is 0.444. The third kappa shape index (κ3) is 9.16. The van der Waals surface area contributed by atoms with Crippen molar-refractivity contribution in [1.29, 1.82) is 0 Å². The Balaban J connectivity index is 1.91. The molecule has 6 heteroatoms. The maximum Gasteiger partial charge on any atom is 0.338 e. The van der Waals surface area contributed by atoms with Crippen LogP contribution in [0.25, 0.3) is 0 Å². The predicted molar refractivity (Wildman–Crippen MR) is 135 cm³/mol. The van der Waals surface area contributed by atoms with Crippen LogP contribution in [0, 0.1) is 0 Å². The number of carbonyl (C=O) groups is 1. The van der Waals surface area contributed by atoms with Crippen molar-refractivity contribution in [3.63, 3.8) is 0 Å². The third-order valence-electron chi connectivity index (χ3n) is 5.97. The molecule has 0 amide bonds. The van der Waals surface area contributed by atoms with Gasteiger partial charge in [0.05, 0.1) is 32.0 Å². The van der Waals surface area contributed by atoms with Crippen LogP contribution in [-0.2, 0) is 20.5 Å². The first-order valence-electron chi connectivity index (χ1n) is 11.4. The Hall–Kier alpha value is -2.41. The average Bonchev–Trinajstić information content (AvgIpc) is 2.80. The van der Waals surface area contributed by atoms with Crippen molar-refractivity contribution in [2.24, 2.45) is 0 Å². The molecule has 0 saturated heterocycles. The second-order valence-electron chi connectivity index (χ2n) is 9.52. The van der Waals surface area contributed by atoms with Crippen molar-refractivity contribution in [2.45, 2.75) is 58.0 Å². The highest BCUT2D eigenvalue weighted by Gasteiger charge is 2.37. The minimum atomic E-state index is -1.89. The zero-order valence-electron chi connectivity index (χ0n) is 20.8. The van der Waals surface area contributed by atoms with Crippen molar-refractivity contribution in [2.75, 3.05) is 20.3 Å². The lowest BCUT2D eigenvalue weighted by Gasteiger charge is -2.37. The zero-order chi connectivity index (χ0) is 24.3. The van der Waals surface area contributed by atoms with Crippen LogP contribution in [0.5, 0.6) is 5.75 Å². The second-order valence-corrected chi connectivity index (χ2v) is 14.3. The van der Waals surface area contributed by atoms with Crippen LogP contribution in [0.4, 0.5) is 0 Å². The minimum Gasteiger partial charge on any atom is -0.497 e. The van der Waals surface area contributed by atoms with E-state index in [-0.39, 0.29) is 23.7 Å². The van der Waals surface area contributed by atoms with E-state index < -0.39 is 8.32 Å². The Bertz CT molecular complexity index is 870. The summed E-state index contributed by atoms with van der Waals surface area (Å²) >= 11 is 0. The van der Waals surface area contributed by atoms with Crippen molar-refractivity contribution in [1.82, 2.24) is 0 Å². The molecule has 0 radical (unpaired) electrons. The molecule has 2 rings (SSSR count). The Morgan fingerprint density at radius 2 is 1.67 bits per heavy atom. The Morgan fingerprint density at radius 3 is 2.27 bits per heavy atom. The maximum absolute atomic E-state index is 12.0. The molecule has 5 nitrogen and oxygen atoms in total. The van der Waals surface area contributed by atoms with Gasteiger partial charge in [0.2, 0.25) is 0 Å². The summed E-state index contributed by atoms with van der Waals surface area (Å²) in [6, 6.07) is 16.9. The number of hydrogen-bond donors (Lipinski definition) is 0. The largest absolute Gasteiger partial charge is 0.497 e. The van der Waals surface area contributed by atoms with E-state index in [1.54, 1.807) is 19.2 Å². The van der Waals surface area contributed by atoms with E-state index in [0.29, 0.717) is 25.2 Å². The molecule has 0 fully saturated rings. The van der Waals surface area contributed by atoms with Crippen LogP contribution in [0.3, 0.4) is 0 Å². The van der Waals surface area contributed by atoms with E-state index in [1.165, 1.54) is 0 Å². The topological polar surface area (TPSA) is 54.0 Å². The molecule has 0 aliphatic heterocycles. The van der Waals surface area contributed by atoms with Crippen molar-refractivity contribution < 1.29 is 23.4 Å². The quantitative estimate of drug-likeness (QED) is 0.204. The standard InChI is InChI=1S/C27H38O5Si/c1-27(2,3)33(5,6)32-21-25(31-20-22-15-17-24(29-4)18-16-22)14-10-11-19-30-26(28)23-12-8-7-9-13-23/h7-13,15-18,25H,14,19-21H2,1-6H3/b11-10+/t25-/m0/s1. The molecule has 2 aromatic carbocycles. The van der Waals surface area contributed by atoms with Gasteiger partial charge in [-0.15, -0.1) is 0 Å². The minimum absolute atomic E-state index is 0.0951. The molecule has 0 aliphatic carbocycles. The highest BCUT2D eigenvalue weighted by molar-refractivity contribution is 6.74. The van der Waals surface area contributed by atoms with Crippen LogP contribution < -0.4 is 4.74 Å². The number of benzene rings is 2. The molecule has 0 aromatic heterocycles. The number of ether oxygens (including phenoxy) is 3. The fourth-order valence-electron chi connectivity index (χ4n) is 2.74. The lowest BCUT2D eigenvalue weighted by Crippen LogP contribution is -2.42. The molecule has 180 valence electrons. The van der Waals surface area contributed by atoms with Crippen molar-refractivity contribution in [3.05, 3.63) is 77.9 Å². The van der Waals surface area contributed by atoms with Crippen LogP contribution in [0.15, 0.2) is 66.7 Å². The molecular weight excluding hydrogens is 432 g/mol. The van der Waals surface area contributed by atoms with E-state index in [1.807, 2.05) is 54.6 Å². The molecule has 0 spiro atoms. The van der Waals surface area contributed by atoms with Gasteiger partial charge in [0.1, 0.15) is 12.4 Å². The van der Waals surface area contributed by atoms with Gasteiger partial charge in [0, 0.05) is 0 Å². The highest BCUT2D eigenvalue weighted by Crippen LogP contribution is 2.36. The summed E-state index contributed by atoms with van der Waals surface area (Å²) in [7, 11) is -0.229. The molecule has 2 aromatic rings. The van der Waals surface area contributed by atoms with Gasteiger partial charge in [-0.05, 0) is 54.4 Å². The van der Waals surface area contributed by atoms with Gasteiger partial charge >= 0.3 is 5.97 Å². The molecule has 0 aliphatic rings. The Kier molecular flexibility index (Phi) is 10.3. The summed E-state index contributed by atoms with van der Waals surface area (Å²) in [5, 5.41) is 0.134. The van der Waals surface area contributed by atoms with Gasteiger partial charge in [-0.1, -0.05) is 63.3 Å². The SMILES string of the molecule is COc1ccc(CO[C@@H](C/C=C/COC(=O)c2ccccc2)CO[Si](C)(C)C(C)(C)C)cc1. The molecule has 0 unspecified atom stereocenters. The van der Waals surface area contributed by atoms with Crippen molar-refractivity contribution in [3.8, 4) is 5.75 Å². The molecule has 0 saturated carbocycles. The summed E-state index contributed by atoms with van der Waals surface area (Å²) in [5.41, 5.74) is 1.63. The number of esters is 1. The lowest BCUT2D eigenvalue weighted by atomic mass is 10.2. The fourth-order valence-corrected chi connectivity index (χ4v) is 3.77.